The van der Waals surface area contributed by atoms with E-state index in [0.717, 1.165) is 30.4 Å². The third kappa shape index (κ3) is 3.55. The number of carbonyl (C=O) groups is 1. The minimum absolute atomic E-state index is 0.0630. The van der Waals surface area contributed by atoms with Crippen LogP contribution < -0.4 is 5.32 Å². The molecule has 3 N–H and O–H groups in total. The Morgan fingerprint density at radius 3 is 2.33 bits per heavy atom. The van der Waals surface area contributed by atoms with Crippen molar-refractivity contribution in [3.63, 3.8) is 0 Å². The van der Waals surface area contributed by atoms with E-state index in [9.17, 15) is 9.90 Å². The lowest BCUT2D eigenvalue weighted by Crippen LogP contribution is -2.45. The largest absolute Gasteiger partial charge is 0.481 e. The molecule has 0 heterocycles. The molecule has 4 nitrogen and oxygen atoms in total. The van der Waals surface area contributed by atoms with E-state index >= 15 is 0 Å². The molecule has 98 valence electrons. The molecule has 0 aliphatic heterocycles. The van der Waals surface area contributed by atoms with Gasteiger partial charge >= 0.3 is 5.97 Å². The molecule has 0 saturated heterocycles. The fraction of sp³-hybridized carbons (Fsp3) is 0.500. The standard InChI is InChI=1S/C14H19NO3/c16-13(17)8-11-2-4-12(5-3-11)9-15-10-14(18)6-1-7-14/h2-5,15,18H,1,6-10H2,(H,16,17). The number of hydrogen-bond acceptors (Lipinski definition) is 3. The predicted octanol–water partition coefficient (Wildman–Crippen LogP) is 1.32. The molecule has 0 bridgehead atoms. The van der Waals surface area contributed by atoms with Gasteiger partial charge in [-0.15, -0.1) is 0 Å². The first-order valence-corrected chi connectivity index (χ1v) is 6.30. The van der Waals surface area contributed by atoms with Gasteiger partial charge in [0.1, 0.15) is 0 Å². The van der Waals surface area contributed by atoms with Crippen molar-refractivity contribution in [2.75, 3.05) is 6.54 Å². The van der Waals surface area contributed by atoms with E-state index in [-0.39, 0.29) is 6.42 Å². The van der Waals surface area contributed by atoms with Crippen LogP contribution in [-0.4, -0.2) is 28.3 Å². The molecule has 1 saturated carbocycles. The van der Waals surface area contributed by atoms with Crippen molar-refractivity contribution in [3.8, 4) is 0 Å². The van der Waals surface area contributed by atoms with E-state index in [0.29, 0.717) is 13.1 Å². The van der Waals surface area contributed by atoms with Gasteiger partial charge in [-0.05, 0) is 30.4 Å². The van der Waals surface area contributed by atoms with Crippen molar-refractivity contribution >= 4 is 5.97 Å². The summed E-state index contributed by atoms with van der Waals surface area (Å²) < 4.78 is 0. The highest BCUT2D eigenvalue weighted by Crippen LogP contribution is 2.30. The summed E-state index contributed by atoms with van der Waals surface area (Å²) >= 11 is 0. The van der Waals surface area contributed by atoms with E-state index in [4.69, 9.17) is 5.11 Å². The number of aliphatic hydroxyl groups is 1. The highest BCUT2D eigenvalue weighted by atomic mass is 16.4. The minimum atomic E-state index is -0.812. The Labute approximate surface area is 107 Å². The molecule has 0 radical (unpaired) electrons. The molecule has 0 amide bonds. The van der Waals surface area contributed by atoms with Gasteiger partial charge in [-0.25, -0.2) is 0 Å². The summed E-state index contributed by atoms with van der Waals surface area (Å²) in [7, 11) is 0. The van der Waals surface area contributed by atoms with Crippen molar-refractivity contribution < 1.29 is 15.0 Å². The minimum Gasteiger partial charge on any atom is -0.481 e. The van der Waals surface area contributed by atoms with E-state index < -0.39 is 11.6 Å². The molecule has 2 rings (SSSR count). The van der Waals surface area contributed by atoms with Crippen LogP contribution in [0.1, 0.15) is 30.4 Å². The van der Waals surface area contributed by atoms with Gasteiger partial charge in [0.25, 0.3) is 0 Å². The van der Waals surface area contributed by atoms with Gasteiger partial charge in [-0.3, -0.25) is 4.79 Å². The van der Waals surface area contributed by atoms with E-state index in [1.165, 1.54) is 0 Å². The smallest absolute Gasteiger partial charge is 0.307 e. The van der Waals surface area contributed by atoms with Crippen LogP contribution in [0.15, 0.2) is 24.3 Å². The Morgan fingerprint density at radius 2 is 1.83 bits per heavy atom. The molecule has 1 aliphatic carbocycles. The molecule has 0 unspecified atom stereocenters. The highest BCUT2D eigenvalue weighted by molar-refractivity contribution is 5.70. The summed E-state index contributed by atoms with van der Waals surface area (Å²) in [5, 5.41) is 21.8. The molecule has 1 aromatic carbocycles. The maximum atomic E-state index is 10.5. The molecule has 4 heteroatoms. The van der Waals surface area contributed by atoms with Crippen LogP contribution in [0.4, 0.5) is 0 Å². The van der Waals surface area contributed by atoms with Crippen molar-refractivity contribution in [3.05, 3.63) is 35.4 Å². The lowest BCUT2D eigenvalue weighted by molar-refractivity contribution is -0.136. The average Bonchev–Trinajstić information content (AvgIpc) is 2.28. The number of benzene rings is 1. The second-order valence-electron chi connectivity index (χ2n) is 5.07. The van der Waals surface area contributed by atoms with Gasteiger partial charge in [0, 0.05) is 13.1 Å². The summed E-state index contributed by atoms with van der Waals surface area (Å²) in [6.07, 6.45) is 2.95. The molecule has 1 fully saturated rings. The van der Waals surface area contributed by atoms with Crippen LogP contribution in [0.3, 0.4) is 0 Å². The quantitative estimate of drug-likeness (QED) is 0.711. The molecule has 1 aliphatic rings. The maximum absolute atomic E-state index is 10.5. The lowest BCUT2D eigenvalue weighted by atomic mass is 9.80. The molecule has 0 atom stereocenters. The lowest BCUT2D eigenvalue weighted by Gasteiger charge is -2.36. The first kappa shape index (κ1) is 13.1. The number of aliphatic carboxylic acids is 1. The average molecular weight is 249 g/mol. The summed E-state index contributed by atoms with van der Waals surface area (Å²) in [6, 6.07) is 7.53. The zero-order valence-electron chi connectivity index (χ0n) is 10.4. The number of carboxylic acids is 1. The molecule has 0 aromatic heterocycles. The zero-order chi connectivity index (χ0) is 13.0. The first-order chi connectivity index (χ1) is 8.57. The van der Waals surface area contributed by atoms with Gasteiger partial charge in [0.05, 0.1) is 12.0 Å². The van der Waals surface area contributed by atoms with Crippen LogP contribution in [0, 0.1) is 0 Å². The van der Waals surface area contributed by atoms with Crippen molar-refractivity contribution in [2.24, 2.45) is 0 Å². The Bertz CT molecular complexity index is 410. The van der Waals surface area contributed by atoms with Crippen LogP contribution in [0.2, 0.25) is 0 Å². The second kappa shape index (κ2) is 5.50. The first-order valence-electron chi connectivity index (χ1n) is 6.30. The summed E-state index contributed by atoms with van der Waals surface area (Å²) in [4.78, 5) is 10.5. The fourth-order valence-electron chi connectivity index (χ4n) is 2.15. The van der Waals surface area contributed by atoms with Crippen LogP contribution in [-0.2, 0) is 17.8 Å². The van der Waals surface area contributed by atoms with Gasteiger partial charge in [0.15, 0.2) is 0 Å². The van der Waals surface area contributed by atoms with Crippen molar-refractivity contribution in [1.82, 2.24) is 5.32 Å². The third-order valence-corrected chi connectivity index (χ3v) is 3.45. The monoisotopic (exact) mass is 249 g/mol. The van der Waals surface area contributed by atoms with E-state index in [1.807, 2.05) is 24.3 Å². The SMILES string of the molecule is O=C(O)Cc1ccc(CNCC2(O)CCC2)cc1. The second-order valence-corrected chi connectivity index (χ2v) is 5.07. The molecular formula is C14H19NO3. The molecule has 0 spiro atoms. The summed E-state index contributed by atoms with van der Waals surface area (Å²) in [5.74, 6) is -0.812. The normalized spacial score (nSPS) is 17.2. The number of nitrogens with one attached hydrogen (secondary N) is 1. The van der Waals surface area contributed by atoms with Crippen LogP contribution >= 0.6 is 0 Å². The highest BCUT2D eigenvalue weighted by Gasteiger charge is 2.33. The van der Waals surface area contributed by atoms with Crippen molar-refractivity contribution in [1.29, 1.82) is 0 Å². The van der Waals surface area contributed by atoms with Gasteiger partial charge in [-0.1, -0.05) is 24.3 Å². The summed E-state index contributed by atoms with van der Waals surface area (Å²) in [5.41, 5.74) is 1.42. The molecule has 1 aromatic rings. The third-order valence-electron chi connectivity index (χ3n) is 3.45. The van der Waals surface area contributed by atoms with Gasteiger partial charge in [-0.2, -0.15) is 0 Å². The number of rotatable bonds is 6. The van der Waals surface area contributed by atoms with Crippen molar-refractivity contribution in [2.45, 2.75) is 37.8 Å². The Kier molecular flexibility index (Phi) is 3.99. The Morgan fingerprint density at radius 1 is 1.22 bits per heavy atom. The molecular weight excluding hydrogens is 230 g/mol. The number of carboxylic acid groups (broad SMARTS) is 1. The topological polar surface area (TPSA) is 69.6 Å². The maximum Gasteiger partial charge on any atom is 0.307 e. The van der Waals surface area contributed by atoms with Crippen LogP contribution in [0.5, 0.6) is 0 Å². The van der Waals surface area contributed by atoms with Gasteiger partial charge < -0.3 is 15.5 Å². The Balaban J connectivity index is 1.77. The Hall–Kier alpha value is -1.39. The van der Waals surface area contributed by atoms with Crippen LogP contribution in [0.25, 0.3) is 0 Å². The molecule has 18 heavy (non-hydrogen) atoms. The number of hydrogen-bond donors (Lipinski definition) is 3. The summed E-state index contributed by atoms with van der Waals surface area (Å²) in [6.45, 7) is 1.33. The van der Waals surface area contributed by atoms with E-state index in [1.54, 1.807) is 0 Å². The fourth-order valence-corrected chi connectivity index (χ4v) is 2.15. The predicted molar refractivity (Wildman–Crippen MR) is 68.3 cm³/mol. The van der Waals surface area contributed by atoms with Gasteiger partial charge in [0.2, 0.25) is 0 Å². The zero-order valence-corrected chi connectivity index (χ0v) is 10.4. The van der Waals surface area contributed by atoms with E-state index in [2.05, 4.69) is 5.32 Å².